The summed E-state index contributed by atoms with van der Waals surface area (Å²) in [6.45, 7) is 11.6. The van der Waals surface area contributed by atoms with E-state index in [1.807, 2.05) is 50.2 Å². The van der Waals surface area contributed by atoms with Crippen LogP contribution in [0.2, 0.25) is 0 Å². The lowest BCUT2D eigenvalue weighted by Gasteiger charge is -2.19. The molecule has 1 aromatic heterocycles. The number of carbonyl (C=O) groups excluding carboxylic acids is 1. The van der Waals surface area contributed by atoms with Gasteiger partial charge in [0.05, 0.1) is 5.39 Å². The molecule has 0 aliphatic rings. The van der Waals surface area contributed by atoms with E-state index in [1.165, 1.54) is 12.5 Å². The third kappa shape index (κ3) is 3.86. The highest BCUT2D eigenvalue weighted by atomic mass is 16.5. The zero-order valence-electron chi connectivity index (χ0n) is 17.3. The first-order chi connectivity index (χ1) is 13.1. The predicted octanol–water partition coefficient (Wildman–Crippen LogP) is 5.34. The minimum absolute atomic E-state index is 0.0192. The van der Waals surface area contributed by atoms with Gasteiger partial charge in [0, 0.05) is 5.56 Å². The monoisotopic (exact) mass is 378 g/mol. The zero-order chi connectivity index (χ0) is 20.6. The molecule has 3 rings (SSSR count). The Morgan fingerprint density at radius 2 is 1.64 bits per heavy atom. The van der Waals surface area contributed by atoms with Gasteiger partial charge in [0.2, 0.25) is 11.2 Å². The Labute approximate surface area is 165 Å². The maximum atomic E-state index is 13.1. The lowest BCUT2D eigenvalue weighted by Crippen LogP contribution is -2.15. The minimum atomic E-state index is -0.263. The van der Waals surface area contributed by atoms with E-state index in [9.17, 15) is 9.59 Å². The van der Waals surface area contributed by atoms with Gasteiger partial charge >= 0.3 is 0 Å². The Morgan fingerprint density at radius 1 is 1.04 bits per heavy atom. The van der Waals surface area contributed by atoms with Crippen molar-refractivity contribution >= 4 is 16.8 Å². The van der Waals surface area contributed by atoms with Crippen LogP contribution in [-0.2, 0) is 10.2 Å². The van der Waals surface area contributed by atoms with Crippen LogP contribution in [0.25, 0.3) is 22.3 Å². The molecule has 3 aromatic rings. The van der Waals surface area contributed by atoms with E-state index in [4.69, 9.17) is 9.15 Å². The molecule has 0 saturated heterocycles. The molecule has 0 atom stereocenters. The lowest BCUT2D eigenvalue weighted by atomic mass is 9.86. The van der Waals surface area contributed by atoms with Crippen molar-refractivity contribution in [3.63, 3.8) is 0 Å². The second-order valence-electron chi connectivity index (χ2n) is 8.34. The van der Waals surface area contributed by atoms with Crippen molar-refractivity contribution in [1.82, 2.24) is 0 Å². The summed E-state index contributed by atoms with van der Waals surface area (Å²) in [6.07, 6.45) is 0. The first kappa shape index (κ1) is 19.9. The maximum absolute atomic E-state index is 13.1. The number of hydrogen-bond acceptors (Lipinski definition) is 4. The summed E-state index contributed by atoms with van der Waals surface area (Å²) in [6, 6.07) is 11.6. The summed E-state index contributed by atoms with van der Waals surface area (Å²) in [4.78, 5) is 24.6. The van der Waals surface area contributed by atoms with Crippen LogP contribution in [0.1, 0.15) is 44.4 Å². The molecule has 28 heavy (non-hydrogen) atoms. The van der Waals surface area contributed by atoms with Gasteiger partial charge in [-0.1, -0.05) is 45.0 Å². The fourth-order valence-corrected chi connectivity index (χ4v) is 3.05. The quantitative estimate of drug-likeness (QED) is 0.615. The highest BCUT2D eigenvalue weighted by Gasteiger charge is 2.20. The van der Waals surface area contributed by atoms with Crippen LogP contribution >= 0.6 is 0 Å². The smallest absolute Gasteiger partial charge is 0.235 e. The van der Waals surface area contributed by atoms with E-state index in [1.54, 1.807) is 0 Å². The first-order valence-electron chi connectivity index (χ1n) is 9.39. The lowest BCUT2D eigenvalue weighted by molar-refractivity contribution is -0.118. The van der Waals surface area contributed by atoms with Crippen LogP contribution in [0.5, 0.6) is 5.75 Å². The number of ketones is 1. The van der Waals surface area contributed by atoms with Crippen molar-refractivity contribution in [1.29, 1.82) is 0 Å². The van der Waals surface area contributed by atoms with Crippen LogP contribution in [-0.4, -0.2) is 12.4 Å². The molecule has 0 aliphatic carbocycles. The zero-order valence-corrected chi connectivity index (χ0v) is 17.3. The largest absolute Gasteiger partial charge is 0.478 e. The van der Waals surface area contributed by atoms with Crippen molar-refractivity contribution in [2.45, 2.75) is 47.0 Å². The molecule has 0 amide bonds. The van der Waals surface area contributed by atoms with E-state index in [0.717, 1.165) is 16.7 Å². The number of carbonyl (C=O) groups is 1. The van der Waals surface area contributed by atoms with E-state index < -0.39 is 0 Å². The standard InChI is InChI=1S/C24H26O4/c1-14-11-19-20(12-15(14)2)28-22(23(21(19)26)27-13-16(3)25)17-7-9-18(10-8-17)24(4,5)6/h7-12H,13H2,1-6H3. The van der Waals surface area contributed by atoms with Gasteiger partial charge < -0.3 is 9.15 Å². The number of Topliss-reactive ketones (excluding diaryl/α,β-unsaturated/α-hetero) is 1. The van der Waals surface area contributed by atoms with Crippen LogP contribution < -0.4 is 10.2 Å². The van der Waals surface area contributed by atoms with Crippen LogP contribution in [0.15, 0.2) is 45.6 Å². The Balaban J connectivity index is 2.24. The number of hydrogen-bond donors (Lipinski definition) is 0. The molecule has 4 heteroatoms. The average Bonchev–Trinajstić information content (AvgIpc) is 2.62. The second-order valence-corrected chi connectivity index (χ2v) is 8.34. The van der Waals surface area contributed by atoms with Crippen LogP contribution in [0, 0.1) is 13.8 Å². The molecule has 2 aromatic carbocycles. The predicted molar refractivity (Wildman–Crippen MR) is 112 cm³/mol. The normalized spacial score (nSPS) is 11.6. The summed E-state index contributed by atoms with van der Waals surface area (Å²) in [7, 11) is 0. The molecule has 0 spiro atoms. The molecule has 0 radical (unpaired) electrons. The Hall–Kier alpha value is -2.88. The van der Waals surface area contributed by atoms with Crippen molar-refractivity contribution in [3.05, 3.63) is 63.3 Å². The molecule has 0 fully saturated rings. The van der Waals surface area contributed by atoms with Crippen molar-refractivity contribution in [3.8, 4) is 17.1 Å². The maximum Gasteiger partial charge on any atom is 0.235 e. The fourth-order valence-electron chi connectivity index (χ4n) is 3.05. The number of aryl methyl sites for hydroxylation is 2. The van der Waals surface area contributed by atoms with Crippen LogP contribution in [0.4, 0.5) is 0 Å². The van der Waals surface area contributed by atoms with Crippen LogP contribution in [0.3, 0.4) is 0 Å². The van der Waals surface area contributed by atoms with Gasteiger partial charge in [0.25, 0.3) is 0 Å². The third-order valence-electron chi connectivity index (χ3n) is 4.90. The Morgan fingerprint density at radius 3 is 2.21 bits per heavy atom. The number of rotatable bonds is 4. The summed E-state index contributed by atoms with van der Waals surface area (Å²) in [5, 5.41) is 0.455. The summed E-state index contributed by atoms with van der Waals surface area (Å²) < 4.78 is 11.7. The van der Waals surface area contributed by atoms with Gasteiger partial charge in [-0.05, 0) is 55.0 Å². The van der Waals surface area contributed by atoms with E-state index in [0.29, 0.717) is 16.7 Å². The van der Waals surface area contributed by atoms with E-state index >= 15 is 0 Å². The second kappa shape index (κ2) is 7.27. The third-order valence-corrected chi connectivity index (χ3v) is 4.90. The molecule has 4 nitrogen and oxygen atoms in total. The topological polar surface area (TPSA) is 56.5 Å². The number of fused-ring (bicyclic) bond motifs is 1. The van der Waals surface area contributed by atoms with Crippen molar-refractivity contribution in [2.24, 2.45) is 0 Å². The highest BCUT2D eigenvalue weighted by Crippen LogP contribution is 2.33. The van der Waals surface area contributed by atoms with E-state index in [2.05, 4.69) is 20.8 Å². The van der Waals surface area contributed by atoms with E-state index in [-0.39, 0.29) is 29.0 Å². The molecular weight excluding hydrogens is 352 g/mol. The SMILES string of the molecule is CC(=O)COc1c(-c2ccc(C(C)(C)C)cc2)oc2cc(C)c(C)cc2c1=O. The van der Waals surface area contributed by atoms with Gasteiger partial charge in [0.1, 0.15) is 12.2 Å². The average molecular weight is 378 g/mol. The molecule has 0 bridgehead atoms. The van der Waals surface area contributed by atoms with Gasteiger partial charge in [-0.2, -0.15) is 0 Å². The van der Waals surface area contributed by atoms with Gasteiger partial charge in [-0.3, -0.25) is 9.59 Å². The minimum Gasteiger partial charge on any atom is -0.478 e. The molecule has 1 heterocycles. The number of benzene rings is 2. The number of ether oxygens (including phenoxy) is 1. The summed E-state index contributed by atoms with van der Waals surface area (Å²) in [5.74, 6) is 0.269. The van der Waals surface area contributed by atoms with Crippen molar-refractivity contribution < 1.29 is 13.9 Å². The fraction of sp³-hybridized carbons (Fsp3) is 0.333. The highest BCUT2D eigenvalue weighted by molar-refractivity contribution is 5.84. The molecule has 0 unspecified atom stereocenters. The van der Waals surface area contributed by atoms with Gasteiger partial charge in [-0.15, -0.1) is 0 Å². The molecule has 0 aliphatic heterocycles. The van der Waals surface area contributed by atoms with Gasteiger partial charge in [-0.25, -0.2) is 0 Å². The molecule has 0 N–H and O–H groups in total. The molecular formula is C24H26O4. The Bertz CT molecular complexity index is 1100. The Kier molecular flexibility index (Phi) is 5.16. The first-order valence-corrected chi connectivity index (χ1v) is 9.39. The molecule has 0 saturated carbocycles. The molecule has 146 valence electrons. The summed E-state index contributed by atoms with van der Waals surface area (Å²) >= 11 is 0. The summed E-state index contributed by atoms with van der Waals surface area (Å²) in [5.41, 5.74) is 4.23. The van der Waals surface area contributed by atoms with Crippen molar-refractivity contribution in [2.75, 3.05) is 6.61 Å². The van der Waals surface area contributed by atoms with Gasteiger partial charge in [0.15, 0.2) is 11.5 Å².